The highest BCUT2D eigenvalue weighted by Crippen LogP contribution is 2.23. The summed E-state index contributed by atoms with van der Waals surface area (Å²) in [6.07, 6.45) is 0. The van der Waals surface area contributed by atoms with Crippen molar-refractivity contribution in [3.05, 3.63) is 45.6 Å². The highest BCUT2D eigenvalue weighted by Gasteiger charge is 2.03. The number of nitrogens with zero attached hydrogens (tertiary/aromatic N) is 2. The first kappa shape index (κ1) is 13.4. The molecular formula is C15H17N3S. The van der Waals surface area contributed by atoms with Gasteiger partial charge in [0, 0.05) is 42.3 Å². The largest absolute Gasteiger partial charge is 0.380 e. The molecule has 2 aromatic rings. The van der Waals surface area contributed by atoms with Crippen LogP contribution in [0.4, 0.5) is 11.4 Å². The van der Waals surface area contributed by atoms with Crippen LogP contribution in [0.15, 0.2) is 29.6 Å². The van der Waals surface area contributed by atoms with Gasteiger partial charge in [0.05, 0.1) is 5.56 Å². The van der Waals surface area contributed by atoms with E-state index in [1.807, 2.05) is 25.5 Å². The second kappa shape index (κ2) is 5.77. The summed E-state index contributed by atoms with van der Waals surface area (Å²) in [5.41, 5.74) is 4.30. The third-order valence-electron chi connectivity index (χ3n) is 2.96. The Balaban J connectivity index is 2.05. The fraction of sp³-hybridized carbons (Fsp3) is 0.267. The summed E-state index contributed by atoms with van der Waals surface area (Å²) in [4.78, 5) is 3.27. The van der Waals surface area contributed by atoms with E-state index >= 15 is 0 Å². The van der Waals surface area contributed by atoms with E-state index in [0.717, 1.165) is 17.8 Å². The van der Waals surface area contributed by atoms with Crippen molar-refractivity contribution in [2.75, 3.05) is 24.3 Å². The van der Waals surface area contributed by atoms with Crippen LogP contribution in [0.25, 0.3) is 0 Å². The van der Waals surface area contributed by atoms with Gasteiger partial charge in [-0.1, -0.05) is 0 Å². The molecule has 0 spiro atoms. The minimum atomic E-state index is 0.737. The number of nitrogens with one attached hydrogen (secondary N) is 1. The number of aryl methyl sites for hydroxylation is 1. The first-order chi connectivity index (χ1) is 9.10. The number of benzene rings is 1. The van der Waals surface area contributed by atoms with E-state index in [1.165, 1.54) is 16.1 Å². The molecule has 0 aliphatic carbocycles. The zero-order valence-electron chi connectivity index (χ0n) is 11.4. The molecule has 0 radical (unpaired) electrons. The van der Waals surface area contributed by atoms with E-state index in [9.17, 15) is 0 Å². The average Bonchev–Trinajstić information content (AvgIpc) is 2.85. The standard InChI is InChI=1S/C15H17N3S/c1-11-6-13(18(2)3)4-5-15(11)17-9-14-7-12(8-16)10-19-14/h4-7,10,17H,9H2,1-3H3. The van der Waals surface area contributed by atoms with E-state index in [-0.39, 0.29) is 0 Å². The second-order valence-corrected chi connectivity index (χ2v) is 5.66. The first-order valence-electron chi connectivity index (χ1n) is 6.09. The van der Waals surface area contributed by atoms with Gasteiger partial charge in [-0.25, -0.2) is 0 Å². The Bertz CT molecular complexity index is 608. The Kier molecular flexibility index (Phi) is 4.08. The van der Waals surface area contributed by atoms with Crippen LogP contribution in [-0.4, -0.2) is 14.1 Å². The van der Waals surface area contributed by atoms with Gasteiger partial charge in [0.15, 0.2) is 0 Å². The van der Waals surface area contributed by atoms with E-state index in [0.29, 0.717) is 0 Å². The van der Waals surface area contributed by atoms with Gasteiger partial charge in [0.1, 0.15) is 6.07 Å². The monoisotopic (exact) mass is 271 g/mol. The Labute approximate surface area is 118 Å². The van der Waals surface area contributed by atoms with Crippen LogP contribution < -0.4 is 10.2 Å². The maximum atomic E-state index is 8.79. The zero-order valence-corrected chi connectivity index (χ0v) is 12.2. The SMILES string of the molecule is Cc1cc(N(C)C)ccc1NCc1cc(C#N)cs1. The normalized spacial score (nSPS) is 10.0. The van der Waals surface area contributed by atoms with Gasteiger partial charge in [0.25, 0.3) is 0 Å². The van der Waals surface area contributed by atoms with Crippen LogP contribution in [0.3, 0.4) is 0 Å². The van der Waals surface area contributed by atoms with Gasteiger partial charge in [-0.3, -0.25) is 0 Å². The van der Waals surface area contributed by atoms with Crippen LogP contribution in [0.1, 0.15) is 16.0 Å². The molecule has 0 aliphatic heterocycles. The smallest absolute Gasteiger partial charge is 0.100 e. The van der Waals surface area contributed by atoms with Crippen molar-refractivity contribution < 1.29 is 0 Å². The molecule has 2 rings (SSSR count). The highest BCUT2D eigenvalue weighted by molar-refractivity contribution is 7.10. The Morgan fingerprint density at radius 2 is 2.11 bits per heavy atom. The molecule has 1 N–H and O–H groups in total. The number of anilines is 2. The van der Waals surface area contributed by atoms with E-state index < -0.39 is 0 Å². The molecule has 0 fully saturated rings. The minimum Gasteiger partial charge on any atom is -0.380 e. The molecule has 1 aromatic carbocycles. The van der Waals surface area contributed by atoms with Gasteiger partial charge in [-0.05, 0) is 36.8 Å². The van der Waals surface area contributed by atoms with Crippen LogP contribution in [0.5, 0.6) is 0 Å². The van der Waals surface area contributed by atoms with Gasteiger partial charge >= 0.3 is 0 Å². The summed E-state index contributed by atoms with van der Waals surface area (Å²) in [6, 6.07) is 10.5. The minimum absolute atomic E-state index is 0.737. The number of rotatable bonds is 4. The number of hydrogen-bond acceptors (Lipinski definition) is 4. The molecule has 0 unspecified atom stereocenters. The lowest BCUT2D eigenvalue weighted by atomic mass is 10.1. The topological polar surface area (TPSA) is 39.1 Å². The number of nitriles is 1. The predicted molar refractivity (Wildman–Crippen MR) is 81.9 cm³/mol. The Morgan fingerprint density at radius 1 is 1.32 bits per heavy atom. The fourth-order valence-electron chi connectivity index (χ4n) is 1.84. The summed E-state index contributed by atoms with van der Waals surface area (Å²) >= 11 is 1.61. The van der Waals surface area contributed by atoms with Crippen molar-refractivity contribution in [2.24, 2.45) is 0 Å². The molecule has 0 saturated carbocycles. The van der Waals surface area contributed by atoms with Crippen LogP contribution in [0, 0.1) is 18.3 Å². The molecule has 19 heavy (non-hydrogen) atoms. The zero-order chi connectivity index (χ0) is 13.8. The molecule has 0 bridgehead atoms. The van der Waals surface area contributed by atoms with Gasteiger partial charge in [-0.2, -0.15) is 5.26 Å². The van der Waals surface area contributed by atoms with Crippen molar-refractivity contribution in [3.8, 4) is 6.07 Å². The summed E-state index contributed by atoms with van der Waals surface area (Å²) in [6.45, 7) is 2.86. The summed E-state index contributed by atoms with van der Waals surface area (Å²) in [5, 5.41) is 14.1. The average molecular weight is 271 g/mol. The maximum Gasteiger partial charge on any atom is 0.100 e. The number of hydrogen-bond donors (Lipinski definition) is 1. The highest BCUT2D eigenvalue weighted by atomic mass is 32.1. The van der Waals surface area contributed by atoms with Crippen molar-refractivity contribution in [1.29, 1.82) is 5.26 Å². The lowest BCUT2D eigenvalue weighted by Crippen LogP contribution is -2.09. The maximum absolute atomic E-state index is 8.79. The molecule has 0 amide bonds. The van der Waals surface area contributed by atoms with E-state index in [2.05, 4.69) is 41.4 Å². The van der Waals surface area contributed by atoms with Crippen LogP contribution in [0.2, 0.25) is 0 Å². The van der Waals surface area contributed by atoms with E-state index in [4.69, 9.17) is 5.26 Å². The molecule has 0 aliphatic rings. The third-order valence-corrected chi connectivity index (χ3v) is 3.90. The molecule has 4 heteroatoms. The lowest BCUT2D eigenvalue weighted by molar-refractivity contribution is 1.12. The molecule has 98 valence electrons. The number of thiophene rings is 1. The van der Waals surface area contributed by atoms with Gasteiger partial charge in [-0.15, -0.1) is 11.3 Å². The van der Waals surface area contributed by atoms with Crippen molar-refractivity contribution in [1.82, 2.24) is 0 Å². The van der Waals surface area contributed by atoms with Crippen molar-refractivity contribution in [3.63, 3.8) is 0 Å². The Morgan fingerprint density at radius 3 is 2.68 bits per heavy atom. The van der Waals surface area contributed by atoms with Crippen LogP contribution >= 0.6 is 11.3 Å². The van der Waals surface area contributed by atoms with Crippen molar-refractivity contribution >= 4 is 22.7 Å². The second-order valence-electron chi connectivity index (χ2n) is 4.66. The molecule has 1 aromatic heterocycles. The van der Waals surface area contributed by atoms with E-state index in [1.54, 1.807) is 11.3 Å². The summed E-state index contributed by atoms with van der Waals surface area (Å²) < 4.78 is 0. The first-order valence-corrected chi connectivity index (χ1v) is 6.97. The Hall–Kier alpha value is -1.99. The lowest BCUT2D eigenvalue weighted by Gasteiger charge is -2.15. The third kappa shape index (κ3) is 3.27. The summed E-state index contributed by atoms with van der Waals surface area (Å²) in [5.74, 6) is 0. The molecule has 0 saturated heterocycles. The van der Waals surface area contributed by atoms with Gasteiger partial charge in [0.2, 0.25) is 0 Å². The summed E-state index contributed by atoms with van der Waals surface area (Å²) in [7, 11) is 4.08. The molecule has 3 nitrogen and oxygen atoms in total. The van der Waals surface area contributed by atoms with Crippen molar-refractivity contribution in [2.45, 2.75) is 13.5 Å². The quantitative estimate of drug-likeness (QED) is 0.923. The fourth-order valence-corrected chi connectivity index (χ4v) is 2.59. The molecule has 1 heterocycles. The predicted octanol–water partition coefficient (Wildman–Crippen LogP) is 3.61. The van der Waals surface area contributed by atoms with Crippen LogP contribution in [-0.2, 0) is 6.54 Å². The van der Waals surface area contributed by atoms with Gasteiger partial charge < -0.3 is 10.2 Å². The molecular weight excluding hydrogens is 254 g/mol. The molecule has 0 atom stereocenters.